The summed E-state index contributed by atoms with van der Waals surface area (Å²) in [5, 5.41) is 24.2. The van der Waals surface area contributed by atoms with E-state index in [1.807, 2.05) is 54.6 Å². The van der Waals surface area contributed by atoms with Gasteiger partial charge in [-0.15, -0.1) is 10.2 Å². The Morgan fingerprint density at radius 2 is 1.85 bits per heavy atom. The van der Waals surface area contributed by atoms with Gasteiger partial charge >= 0.3 is 0 Å². The summed E-state index contributed by atoms with van der Waals surface area (Å²) in [6.07, 6.45) is 1.56. The number of nitro benzene ring substituents is 1. The zero-order chi connectivity index (χ0) is 23.9. The van der Waals surface area contributed by atoms with Crippen molar-refractivity contribution in [3.8, 4) is 17.1 Å². The van der Waals surface area contributed by atoms with Crippen LogP contribution in [0.2, 0.25) is 0 Å². The molecule has 0 saturated carbocycles. The number of hydrogen-bond donors (Lipinski definition) is 1. The SMILES string of the molecule is O=C(CSc1nnc(-c2cccc([N+](=O)[O-])c2)n1-c1ccccc1)N/N=C/c1ccc(Br)cc1. The Hall–Kier alpha value is -3.83. The van der Waals surface area contributed by atoms with Crippen LogP contribution >= 0.6 is 27.7 Å². The maximum Gasteiger partial charge on any atom is 0.270 e. The number of nitro groups is 1. The number of thioether (sulfide) groups is 1. The van der Waals surface area contributed by atoms with E-state index in [2.05, 4.69) is 36.7 Å². The van der Waals surface area contributed by atoms with Crippen molar-refractivity contribution >= 4 is 45.5 Å². The van der Waals surface area contributed by atoms with Gasteiger partial charge in [0, 0.05) is 27.9 Å². The van der Waals surface area contributed by atoms with E-state index in [0.717, 1.165) is 15.7 Å². The summed E-state index contributed by atoms with van der Waals surface area (Å²) < 4.78 is 2.72. The first-order valence-electron chi connectivity index (χ1n) is 9.97. The number of halogens is 1. The molecule has 1 N–H and O–H groups in total. The Balaban J connectivity index is 1.53. The minimum Gasteiger partial charge on any atom is -0.272 e. The van der Waals surface area contributed by atoms with Gasteiger partial charge < -0.3 is 0 Å². The van der Waals surface area contributed by atoms with E-state index < -0.39 is 4.92 Å². The van der Waals surface area contributed by atoms with Gasteiger partial charge in [0.15, 0.2) is 11.0 Å². The number of carbonyl (C=O) groups is 1. The molecule has 0 saturated heterocycles. The lowest BCUT2D eigenvalue weighted by atomic mass is 10.2. The Bertz CT molecular complexity index is 1340. The Kier molecular flexibility index (Phi) is 7.45. The topological polar surface area (TPSA) is 115 Å². The largest absolute Gasteiger partial charge is 0.272 e. The van der Waals surface area contributed by atoms with Gasteiger partial charge in [0.2, 0.25) is 0 Å². The van der Waals surface area contributed by atoms with Crippen LogP contribution in [0, 0.1) is 10.1 Å². The van der Waals surface area contributed by atoms with Gasteiger partial charge in [-0.3, -0.25) is 19.5 Å². The van der Waals surface area contributed by atoms with Crippen LogP contribution in [0.25, 0.3) is 17.1 Å². The van der Waals surface area contributed by atoms with Crippen LogP contribution < -0.4 is 5.43 Å². The summed E-state index contributed by atoms with van der Waals surface area (Å²) in [4.78, 5) is 23.1. The van der Waals surface area contributed by atoms with Crippen molar-refractivity contribution < 1.29 is 9.72 Å². The molecule has 0 radical (unpaired) electrons. The number of hydrazone groups is 1. The second-order valence-electron chi connectivity index (χ2n) is 6.92. The molecule has 0 aliphatic carbocycles. The first kappa shape index (κ1) is 23.3. The number of rotatable bonds is 8. The van der Waals surface area contributed by atoms with Gasteiger partial charge in [0.25, 0.3) is 11.6 Å². The van der Waals surface area contributed by atoms with Crippen LogP contribution in [0.15, 0.2) is 93.6 Å². The van der Waals surface area contributed by atoms with E-state index in [4.69, 9.17) is 0 Å². The van der Waals surface area contributed by atoms with Crippen molar-refractivity contribution in [1.29, 1.82) is 0 Å². The second kappa shape index (κ2) is 10.9. The lowest BCUT2D eigenvalue weighted by Gasteiger charge is -2.10. The van der Waals surface area contributed by atoms with E-state index in [0.29, 0.717) is 16.5 Å². The molecule has 4 aromatic rings. The minimum atomic E-state index is -0.457. The highest BCUT2D eigenvalue weighted by Gasteiger charge is 2.19. The van der Waals surface area contributed by atoms with E-state index in [1.165, 1.54) is 23.9 Å². The molecule has 0 aliphatic rings. The fraction of sp³-hybridized carbons (Fsp3) is 0.0435. The average Bonchev–Trinajstić information content (AvgIpc) is 3.28. The molecule has 9 nitrogen and oxygen atoms in total. The van der Waals surface area contributed by atoms with Gasteiger partial charge in [-0.25, -0.2) is 5.43 Å². The average molecular weight is 537 g/mol. The lowest BCUT2D eigenvalue weighted by molar-refractivity contribution is -0.384. The summed E-state index contributed by atoms with van der Waals surface area (Å²) >= 11 is 4.56. The standard InChI is InChI=1S/C23H17BrN6O3S/c24-18-11-9-16(10-12-18)14-25-26-21(31)15-34-23-28-27-22(29(23)19-6-2-1-3-7-19)17-5-4-8-20(13-17)30(32)33/h1-14H,15H2,(H,26,31)/b25-14+. The van der Waals surface area contributed by atoms with E-state index in [-0.39, 0.29) is 17.3 Å². The van der Waals surface area contributed by atoms with Crippen molar-refractivity contribution in [2.24, 2.45) is 5.10 Å². The van der Waals surface area contributed by atoms with Gasteiger partial charge in [0.1, 0.15) is 0 Å². The summed E-state index contributed by atoms with van der Waals surface area (Å²) in [6.45, 7) is 0. The molecule has 0 spiro atoms. The van der Waals surface area contributed by atoms with E-state index >= 15 is 0 Å². The van der Waals surface area contributed by atoms with E-state index in [9.17, 15) is 14.9 Å². The zero-order valence-corrected chi connectivity index (χ0v) is 19.9. The molecule has 0 unspecified atom stereocenters. The number of benzene rings is 3. The number of carbonyl (C=O) groups excluding carboxylic acids is 1. The maximum absolute atomic E-state index is 12.3. The van der Waals surface area contributed by atoms with Crippen molar-refractivity contribution in [3.05, 3.63) is 99.0 Å². The molecule has 0 fully saturated rings. The first-order valence-corrected chi connectivity index (χ1v) is 11.7. The van der Waals surface area contributed by atoms with Crippen molar-refractivity contribution in [2.75, 3.05) is 5.75 Å². The van der Waals surface area contributed by atoms with Crippen LogP contribution in [-0.2, 0) is 4.79 Å². The van der Waals surface area contributed by atoms with E-state index in [1.54, 1.807) is 22.9 Å². The maximum atomic E-state index is 12.3. The number of nitrogens with one attached hydrogen (secondary N) is 1. The number of para-hydroxylation sites is 1. The third-order valence-corrected chi connectivity index (χ3v) is 6.03. The van der Waals surface area contributed by atoms with Crippen LogP contribution in [-0.4, -0.2) is 37.6 Å². The Labute approximate surface area is 207 Å². The number of nitrogens with zero attached hydrogens (tertiary/aromatic N) is 5. The minimum absolute atomic E-state index is 0.0441. The lowest BCUT2D eigenvalue weighted by Crippen LogP contribution is -2.20. The molecule has 11 heteroatoms. The summed E-state index contributed by atoms with van der Waals surface area (Å²) in [5.74, 6) is 0.182. The normalized spacial score (nSPS) is 11.0. The number of amides is 1. The molecule has 0 aliphatic heterocycles. The fourth-order valence-electron chi connectivity index (χ4n) is 3.01. The van der Waals surface area contributed by atoms with Crippen molar-refractivity contribution in [3.63, 3.8) is 0 Å². The molecule has 34 heavy (non-hydrogen) atoms. The first-order chi connectivity index (χ1) is 16.5. The summed E-state index contributed by atoms with van der Waals surface area (Å²) in [5.41, 5.74) is 4.61. The molecule has 1 aromatic heterocycles. The summed E-state index contributed by atoms with van der Waals surface area (Å²) in [6, 6.07) is 23.0. The van der Waals surface area contributed by atoms with Gasteiger partial charge in [-0.2, -0.15) is 5.10 Å². The van der Waals surface area contributed by atoms with Gasteiger partial charge in [0.05, 0.1) is 16.9 Å². The predicted octanol–water partition coefficient (Wildman–Crippen LogP) is 4.85. The highest BCUT2D eigenvalue weighted by molar-refractivity contribution is 9.10. The number of aromatic nitrogens is 3. The molecular weight excluding hydrogens is 520 g/mol. The van der Waals surface area contributed by atoms with Crippen molar-refractivity contribution in [1.82, 2.24) is 20.2 Å². The smallest absolute Gasteiger partial charge is 0.270 e. The highest BCUT2D eigenvalue weighted by atomic mass is 79.9. The van der Waals surface area contributed by atoms with Gasteiger partial charge in [-0.1, -0.05) is 70.2 Å². The van der Waals surface area contributed by atoms with Crippen LogP contribution in [0.3, 0.4) is 0 Å². The van der Waals surface area contributed by atoms with Crippen LogP contribution in [0.4, 0.5) is 5.69 Å². The molecular formula is C23H17BrN6O3S. The van der Waals surface area contributed by atoms with Gasteiger partial charge in [-0.05, 0) is 29.8 Å². The summed E-state index contributed by atoms with van der Waals surface area (Å²) in [7, 11) is 0. The molecule has 0 bridgehead atoms. The predicted molar refractivity (Wildman–Crippen MR) is 134 cm³/mol. The quantitative estimate of drug-likeness (QED) is 0.149. The number of non-ortho nitro benzene ring substituents is 1. The zero-order valence-electron chi connectivity index (χ0n) is 17.5. The molecule has 170 valence electrons. The molecule has 1 amide bonds. The highest BCUT2D eigenvalue weighted by Crippen LogP contribution is 2.29. The van der Waals surface area contributed by atoms with Crippen LogP contribution in [0.1, 0.15) is 5.56 Å². The molecule has 1 heterocycles. The fourth-order valence-corrected chi connectivity index (χ4v) is 4.02. The number of hydrogen-bond acceptors (Lipinski definition) is 7. The molecule has 3 aromatic carbocycles. The third kappa shape index (κ3) is 5.74. The third-order valence-electron chi connectivity index (χ3n) is 4.57. The Morgan fingerprint density at radius 1 is 1.09 bits per heavy atom. The second-order valence-corrected chi connectivity index (χ2v) is 8.78. The monoisotopic (exact) mass is 536 g/mol. The Morgan fingerprint density at radius 3 is 2.59 bits per heavy atom. The molecule has 0 atom stereocenters. The molecule has 4 rings (SSSR count). The van der Waals surface area contributed by atoms with Crippen molar-refractivity contribution in [2.45, 2.75) is 5.16 Å². The van der Waals surface area contributed by atoms with Crippen LogP contribution in [0.5, 0.6) is 0 Å².